The number of fused-ring (bicyclic) bond motifs is 8. The molecule has 368 valence electrons. The quantitative estimate of drug-likeness (QED) is 0.0349. The molecule has 0 atom stereocenters. The van der Waals surface area contributed by atoms with E-state index in [-0.39, 0.29) is 31.2 Å². The lowest BCUT2D eigenvalue weighted by Gasteiger charge is -2.23. The summed E-state index contributed by atoms with van der Waals surface area (Å²) in [5.74, 6) is -0.932. The van der Waals surface area contributed by atoms with Crippen molar-refractivity contribution in [2.24, 2.45) is 16.2 Å². The minimum Gasteiger partial charge on any atom is -0.466 e. The molecule has 11 heteroatoms. The van der Waals surface area contributed by atoms with Gasteiger partial charge in [0, 0.05) is 92.8 Å². The van der Waals surface area contributed by atoms with Gasteiger partial charge in [-0.1, -0.05) is 114 Å². The van der Waals surface area contributed by atoms with Gasteiger partial charge in [-0.2, -0.15) is 0 Å². The van der Waals surface area contributed by atoms with Gasteiger partial charge >= 0.3 is 17.9 Å². The molecule has 1 aliphatic carbocycles. The molecule has 11 nitrogen and oxygen atoms in total. The van der Waals surface area contributed by atoms with Gasteiger partial charge in [-0.25, -0.2) is 9.59 Å². The molecule has 2 heterocycles. The second-order valence-electron chi connectivity index (χ2n) is 19.4. The number of esters is 1. The highest BCUT2D eigenvalue weighted by atomic mass is 16.7. The molecule has 1 aliphatic rings. The number of nitrogens with zero attached hydrogens (tertiary/aromatic N) is 4. The zero-order chi connectivity index (χ0) is 50.9. The van der Waals surface area contributed by atoms with Crippen molar-refractivity contribution in [2.45, 2.75) is 93.0 Å². The smallest absolute Gasteiger partial charge is 0.332 e. The van der Waals surface area contributed by atoms with E-state index < -0.39 is 11.9 Å². The highest BCUT2D eigenvalue weighted by Gasteiger charge is 2.25. The molecule has 0 N–H and O–H groups in total. The van der Waals surface area contributed by atoms with Gasteiger partial charge in [-0.3, -0.25) is 9.59 Å². The van der Waals surface area contributed by atoms with E-state index in [2.05, 4.69) is 93.1 Å². The van der Waals surface area contributed by atoms with Gasteiger partial charge in [-0.15, -0.1) is 0 Å². The number of ether oxygens (including phenoxy) is 1. The number of aryl methyl sites for hydroxylation is 3. The van der Waals surface area contributed by atoms with Gasteiger partial charge in [0.1, 0.15) is 5.71 Å². The largest absolute Gasteiger partial charge is 0.466 e. The van der Waals surface area contributed by atoms with Crippen LogP contribution in [0.1, 0.15) is 115 Å². The summed E-state index contributed by atoms with van der Waals surface area (Å²) in [5, 5.41) is 14.5. The van der Waals surface area contributed by atoms with E-state index in [0.717, 1.165) is 100.0 Å². The average molecular weight is 971 g/mol. The topological polar surface area (TPSA) is 131 Å². The number of carbonyl (C=O) groups is 4. The maximum Gasteiger partial charge on any atom is 0.332 e. The van der Waals surface area contributed by atoms with Crippen molar-refractivity contribution in [3.63, 3.8) is 0 Å². The van der Waals surface area contributed by atoms with E-state index >= 15 is 0 Å². The highest BCUT2D eigenvalue weighted by molar-refractivity contribution is 6.27. The second kappa shape index (κ2) is 20.5. The number of rotatable bonds is 14. The van der Waals surface area contributed by atoms with Crippen LogP contribution in [-0.2, 0) is 35.3 Å². The first kappa shape index (κ1) is 48.4. The summed E-state index contributed by atoms with van der Waals surface area (Å²) in [7, 11) is 0. The third-order valence-corrected chi connectivity index (χ3v) is 14.3. The van der Waals surface area contributed by atoms with Crippen LogP contribution in [0.25, 0.3) is 60.1 Å². The summed E-state index contributed by atoms with van der Waals surface area (Å²) in [6.07, 6.45) is 6.36. The molecule has 1 fully saturated rings. The van der Waals surface area contributed by atoms with Crippen LogP contribution < -0.4 is 0 Å². The minimum absolute atomic E-state index is 0.00205. The number of ketones is 1. The third kappa shape index (κ3) is 9.55. The number of para-hydroxylation sites is 1. The van der Waals surface area contributed by atoms with Crippen molar-refractivity contribution in [3.8, 4) is 5.69 Å². The summed E-state index contributed by atoms with van der Waals surface area (Å²) in [4.78, 5) is 62.1. The number of carbonyl (C=O) groups excluding carboxylic acids is 4. The Morgan fingerprint density at radius 3 is 1.90 bits per heavy atom. The lowest BCUT2D eigenvalue weighted by atomic mass is 9.89. The molecule has 0 radical (unpaired) electrons. The van der Waals surface area contributed by atoms with Crippen molar-refractivity contribution in [1.82, 2.24) is 9.13 Å². The molecule has 73 heavy (non-hydrogen) atoms. The third-order valence-electron chi connectivity index (χ3n) is 14.3. The van der Waals surface area contributed by atoms with Gasteiger partial charge in [0.05, 0.1) is 35.3 Å². The first-order chi connectivity index (χ1) is 35.4. The van der Waals surface area contributed by atoms with E-state index in [1.54, 1.807) is 6.92 Å². The molecule has 0 aliphatic heterocycles. The normalized spacial score (nSPS) is 13.6. The maximum atomic E-state index is 14.9. The van der Waals surface area contributed by atoms with E-state index in [9.17, 15) is 19.2 Å². The second-order valence-corrected chi connectivity index (χ2v) is 19.4. The minimum atomic E-state index is -0.562. The summed E-state index contributed by atoms with van der Waals surface area (Å²) < 4.78 is 9.82. The molecular weight excluding hydrogens is 913 g/mol. The predicted octanol–water partition coefficient (Wildman–Crippen LogP) is 13.7. The highest BCUT2D eigenvalue weighted by Crippen LogP contribution is 2.40. The zero-order valence-electron chi connectivity index (χ0n) is 42.2. The Labute approximate surface area is 424 Å². The van der Waals surface area contributed by atoms with Gasteiger partial charge in [0.15, 0.2) is 5.78 Å². The standard InChI is InChI=1S/C62H58N4O7/c1-7-71-58(69)30-27-54(63-72-40(5)67)44-23-29-57-50(33-44)48-18-13-14-20-56(48)66(57)46-25-21-43(22-26-46)60(64-73-41(6)68)45-24-28-55-51(34-45)52-35-53(62(70)59-38(3)31-37(2)32-39(59)4)47-17-11-12-19-49(47)61(52)65(55)36-42-15-9-8-10-16-42/h11-14,17-26,28-29,31-35,42H,7-10,15-16,27,30,36H2,1-6H3/b63-54+,64-60-. The van der Waals surface area contributed by atoms with Gasteiger partial charge < -0.3 is 23.5 Å². The fourth-order valence-corrected chi connectivity index (χ4v) is 11.2. The number of hydrogen-bond acceptors (Lipinski definition) is 9. The molecule has 0 amide bonds. The lowest BCUT2D eigenvalue weighted by molar-refractivity contribution is -0.143. The van der Waals surface area contributed by atoms with Crippen LogP contribution in [0.15, 0.2) is 138 Å². The molecule has 7 aromatic carbocycles. The molecule has 10 rings (SSSR count). The Balaban J connectivity index is 1.09. The van der Waals surface area contributed by atoms with Crippen LogP contribution in [0, 0.1) is 26.7 Å². The van der Waals surface area contributed by atoms with Gasteiger partial charge in [0.25, 0.3) is 0 Å². The van der Waals surface area contributed by atoms with Crippen LogP contribution in [0.3, 0.4) is 0 Å². The van der Waals surface area contributed by atoms with Crippen LogP contribution in [0.5, 0.6) is 0 Å². The van der Waals surface area contributed by atoms with E-state index in [0.29, 0.717) is 28.5 Å². The fourth-order valence-electron chi connectivity index (χ4n) is 11.2. The summed E-state index contributed by atoms with van der Waals surface area (Å²) in [6.45, 7) is 11.6. The summed E-state index contributed by atoms with van der Waals surface area (Å²) in [6, 6.07) is 43.0. The molecule has 1 saturated carbocycles. The van der Waals surface area contributed by atoms with E-state index in [1.165, 1.54) is 46.0 Å². The molecule has 0 bridgehead atoms. The molecule has 0 unspecified atom stereocenters. The molecular formula is C62H58N4O7. The van der Waals surface area contributed by atoms with Crippen molar-refractivity contribution < 1.29 is 33.6 Å². The van der Waals surface area contributed by atoms with Crippen LogP contribution in [0.2, 0.25) is 0 Å². The Morgan fingerprint density at radius 2 is 1.19 bits per heavy atom. The van der Waals surface area contributed by atoms with Gasteiger partial charge in [0.2, 0.25) is 0 Å². The molecule has 9 aromatic rings. The van der Waals surface area contributed by atoms with Crippen molar-refractivity contribution >= 4 is 89.5 Å². The predicted molar refractivity (Wildman–Crippen MR) is 290 cm³/mol. The van der Waals surface area contributed by atoms with Crippen molar-refractivity contribution in [1.29, 1.82) is 0 Å². The average Bonchev–Trinajstić information content (AvgIpc) is 3.88. The van der Waals surface area contributed by atoms with E-state index in [4.69, 9.17) is 14.4 Å². The fraction of sp³-hybridized carbons (Fsp3) is 0.258. The Bertz CT molecular complexity index is 3710. The number of benzene rings is 7. The number of oxime groups is 2. The van der Waals surface area contributed by atoms with Crippen LogP contribution >= 0.6 is 0 Å². The number of aromatic nitrogens is 2. The first-order valence-corrected chi connectivity index (χ1v) is 25.3. The summed E-state index contributed by atoms with van der Waals surface area (Å²) >= 11 is 0. The maximum absolute atomic E-state index is 14.9. The lowest BCUT2D eigenvalue weighted by Crippen LogP contribution is -2.14. The van der Waals surface area contributed by atoms with Crippen LogP contribution in [0.4, 0.5) is 0 Å². The molecule has 0 spiro atoms. The Morgan fingerprint density at radius 1 is 0.589 bits per heavy atom. The number of hydrogen-bond donors (Lipinski definition) is 0. The Hall–Kier alpha value is -8.18. The zero-order valence-corrected chi connectivity index (χ0v) is 42.2. The van der Waals surface area contributed by atoms with Crippen LogP contribution in [-0.4, -0.2) is 50.9 Å². The van der Waals surface area contributed by atoms with Gasteiger partial charge in [-0.05, 0) is 111 Å². The van der Waals surface area contributed by atoms with Crippen molar-refractivity contribution in [2.75, 3.05) is 6.61 Å². The van der Waals surface area contributed by atoms with Crippen molar-refractivity contribution in [3.05, 3.63) is 172 Å². The monoisotopic (exact) mass is 970 g/mol. The Kier molecular flexibility index (Phi) is 13.6. The first-order valence-electron chi connectivity index (χ1n) is 25.3. The summed E-state index contributed by atoms with van der Waals surface area (Å²) in [5.41, 5.74) is 12.5. The molecule has 2 aromatic heterocycles. The van der Waals surface area contributed by atoms with E-state index in [1.807, 2.05) is 74.5 Å². The molecule has 0 saturated heterocycles. The SMILES string of the molecule is CCOC(=O)CC/C(=N\OC(C)=O)c1ccc2c(c1)c1ccccc1n2-c1ccc(/C(=N/OC(C)=O)c2ccc3c(c2)c2cc(C(=O)c4c(C)cc(C)cc4C)c4ccccc4c2n3CC2CCCCC2)cc1.